The summed E-state index contributed by atoms with van der Waals surface area (Å²) in [6.07, 6.45) is 5.41. The maximum Gasteiger partial charge on any atom is 0.313 e. The number of aliphatic hydroxyl groups is 1. The van der Waals surface area contributed by atoms with Crippen LogP contribution in [0.1, 0.15) is 56.6 Å². The zero-order chi connectivity index (χ0) is 34.3. The van der Waals surface area contributed by atoms with Gasteiger partial charge in [0.2, 0.25) is 11.8 Å². The number of carbonyl (C=O) groups excluding carboxylic acids is 4. The molecule has 0 radical (unpaired) electrons. The third-order valence-corrected chi connectivity index (χ3v) is 9.82. The van der Waals surface area contributed by atoms with E-state index in [1.165, 1.54) is 0 Å². The van der Waals surface area contributed by atoms with Crippen molar-refractivity contribution in [2.24, 2.45) is 11.8 Å². The SMILES string of the molecule is C=CCCC(=O)NC[C@@H](OC(=O)[C@@H]1[C@H]2C(=O)N(CCCCCO)[C@H](C(=O)N(CC=C)c3ccc(Cl)cc3)[C@]23CC[C@H]1O3)c1ccccc1. The number of hydrogen-bond acceptors (Lipinski definition) is 7. The molecule has 3 aliphatic heterocycles. The van der Waals surface area contributed by atoms with E-state index in [9.17, 15) is 24.3 Å². The number of esters is 1. The van der Waals surface area contributed by atoms with Gasteiger partial charge in [-0.1, -0.05) is 54.1 Å². The van der Waals surface area contributed by atoms with Gasteiger partial charge in [-0.05, 0) is 68.4 Å². The molecule has 0 saturated carbocycles. The lowest BCUT2D eigenvalue weighted by molar-refractivity contribution is -0.160. The van der Waals surface area contributed by atoms with E-state index in [0.717, 1.165) is 0 Å². The predicted molar refractivity (Wildman–Crippen MR) is 182 cm³/mol. The van der Waals surface area contributed by atoms with Crippen LogP contribution in [-0.2, 0) is 28.7 Å². The Kier molecular flexibility index (Phi) is 11.7. The number of benzene rings is 2. The van der Waals surface area contributed by atoms with Crippen molar-refractivity contribution in [1.82, 2.24) is 10.2 Å². The molecular weight excluding hydrogens is 634 g/mol. The van der Waals surface area contributed by atoms with Crippen molar-refractivity contribution >= 4 is 41.0 Å². The topological polar surface area (TPSA) is 125 Å². The van der Waals surface area contributed by atoms with Crippen LogP contribution in [0.25, 0.3) is 0 Å². The minimum atomic E-state index is -1.22. The monoisotopic (exact) mass is 677 g/mol. The summed E-state index contributed by atoms with van der Waals surface area (Å²) >= 11 is 6.14. The van der Waals surface area contributed by atoms with E-state index in [1.54, 1.807) is 46.2 Å². The molecule has 5 rings (SSSR count). The van der Waals surface area contributed by atoms with Crippen molar-refractivity contribution in [3.8, 4) is 0 Å². The van der Waals surface area contributed by atoms with E-state index < -0.39 is 41.7 Å². The van der Waals surface area contributed by atoms with Gasteiger partial charge < -0.3 is 29.7 Å². The van der Waals surface area contributed by atoms with E-state index in [2.05, 4.69) is 18.5 Å². The fourth-order valence-corrected chi connectivity index (χ4v) is 7.50. The summed E-state index contributed by atoms with van der Waals surface area (Å²) < 4.78 is 12.7. The molecule has 3 saturated heterocycles. The van der Waals surface area contributed by atoms with Crippen LogP contribution in [0.5, 0.6) is 0 Å². The van der Waals surface area contributed by atoms with Crippen molar-refractivity contribution in [3.63, 3.8) is 0 Å². The van der Waals surface area contributed by atoms with E-state index in [1.807, 2.05) is 30.3 Å². The smallest absolute Gasteiger partial charge is 0.313 e. The van der Waals surface area contributed by atoms with E-state index in [-0.39, 0.29) is 50.4 Å². The van der Waals surface area contributed by atoms with Crippen LogP contribution in [0.2, 0.25) is 5.02 Å². The number of nitrogens with zero attached hydrogens (tertiary/aromatic N) is 2. The van der Waals surface area contributed by atoms with Gasteiger partial charge >= 0.3 is 5.97 Å². The van der Waals surface area contributed by atoms with Gasteiger partial charge in [0.25, 0.3) is 5.91 Å². The minimum Gasteiger partial charge on any atom is -0.455 e. The number of fused-ring (bicyclic) bond motifs is 1. The average molecular weight is 678 g/mol. The summed E-state index contributed by atoms with van der Waals surface area (Å²) in [4.78, 5) is 58.8. The molecular formula is C37H44ClN3O7. The van der Waals surface area contributed by atoms with Crippen LogP contribution in [-0.4, -0.2) is 77.7 Å². The maximum absolute atomic E-state index is 14.6. The zero-order valence-corrected chi connectivity index (χ0v) is 27.9. The summed E-state index contributed by atoms with van der Waals surface area (Å²) in [6.45, 7) is 8.06. The number of ether oxygens (including phenoxy) is 2. The number of likely N-dealkylation sites (tertiary alicyclic amines) is 1. The largest absolute Gasteiger partial charge is 0.455 e. The van der Waals surface area contributed by atoms with Crippen molar-refractivity contribution in [2.45, 2.75) is 68.8 Å². The van der Waals surface area contributed by atoms with Crippen LogP contribution in [0.3, 0.4) is 0 Å². The number of amides is 3. The first-order valence-electron chi connectivity index (χ1n) is 16.7. The first-order chi connectivity index (χ1) is 23.2. The molecule has 3 amide bonds. The highest BCUT2D eigenvalue weighted by molar-refractivity contribution is 6.30. The Morgan fingerprint density at radius 3 is 2.54 bits per heavy atom. The summed E-state index contributed by atoms with van der Waals surface area (Å²) in [5.74, 6) is -3.26. The molecule has 1 spiro atoms. The van der Waals surface area contributed by atoms with Gasteiger partial charge in [-0.15, -0.1) is 13.2 Å². The number of unbranched alkanes of at least 4 members (excludes halogenated alkanes) is 2. The van der Waals surface area contributed by atoms with Gasteiger partial charge in [0.15, 0.2) is 0 Å². The maximum atomic E-state index is 14.6. The lowest BCUT2D eigenvalue weighted by Crippen LogP contribution is -2.56. The molecule has 2 aromatic carbocycles. The highest BCUT2D eigenvalue weighted by Gasteiger charge is 2.75. The Hall–Kier alpha value is -3.99. The number of hydrogen-bond donors (Lipinski definition) is 2. The number of carbonyl (C=O) groups is 4. The molecule has 6 atom stereocenters. The molecule has 11 heteroatoms. The number of anilines is 1. The third-order valence-electron chi connectivity index (χ3n) is 9.57. The van der Waals surface area contributed by atoms with E-state index in [4.69, 9.17) is 21.1 Å². The van der Waals surface area contributed by atoms with Crippen LogP contribution >= 0.6 is 11.6 Å². The van der Waals surface area contributed by atoms with Crippen molar-refractivity contribution < 1.29 is 33.8 Å². The van der Waals surface area contributed by atoms with Crippen LogP contribution < -0.4 is 10.2 Å². The van der Waals surface area contributed by atoms with Crippen LogP contribution in [0, 0.1) is 11.8 Å². The Morgan fingerprint density at radius 2 is 1.85 bits per heavy atom. The fraction of sp³-hybridized carbons (Fsp3) is 0.459. The highest BCUT2D eigenvalue weighted by Crippen LogP contribution is 2.59. The number of halogens is 1. The second-order valence-electron chi connectivity index (χ2n) is 12.6. The standard InChI is InChI=1S/C37H44ClN3O7/c1-3-5-14-30(43)39-24-29(25-12-8-6-9-13-25)47-36(46)31-28-19-20-37(48-28)32(31)34(44)41(22-10-7-11-23-42)33(37)35(45)40(21-4-2)27-17-15-26(38)16-18-27/h3-4,6,8-9,12-13,15-18,28-29,31-33,42H,1-2,5,7,10-11,14,19-24H2,(H,39,43)/t28-,29-,31+,32+,33-,37+/m1/s1. The number of rotatable bonds is 17. The molecule has 2 N–H and O–H groups in total. The number of allylic oxidation sites excluding steroid dienone is 1. The van der Waals surface area contributed by atoms with Crippen LogP contribution in [0.15, 0.2) is 79.9 Å². The van der Waals surface area contributed by atoms with Crippen LogP contribution in [0.4, 0.5) is 5.69 Å². The Balaban J connectivity index is 1.44. The Morgan fingerprint density at radius 1 is 1.10 bits per heavy atom. The fourth-order valence-electron chi connectivity index (χ4n) is 7.37. The van der Waals surface area contributed by atoms with E-state index >= 15 is 0 Å². The summed E-state index contributed by atoms with van der Waals surface area (Å²) in [6, 6.07) is 15.0. The molecule has 0 aliphatic carbocycles. The zero-order valence-electron chi connectivity index (χ0n) is 27.1. The second kappa shape index (κ2) is 15.9. The first kappa shape index (κ1) is 35.3. The molecule has 3 fully saturated rings. The lowest BCUT2D eigenvalue weighted by atomic mass is 9.70. The summed E-state index contributed by atoms with van der Waals surface area (Å²) in [5.41, 5.74) is 0.0844. The van der Waals surface area contributed by atoms with Crippen molar-refractivity contribution in [1.29, 1.82) is 0 Å². The lowest BCUT2D eigenvalue weighted by Gasteiger charge is -2.36. The first-order valence-corrected chi connectivity index (χ1v) is 17.0. The molecule has 0 aromatic heterocycles. The van der Waals surface area contributed by atoms with E-state index in [0.29, 0.717) is 54.8 Å². The molecule has 2 aromatic rings. The number of nitrogens with one attached hydrogen (secondary N) is 1. The van der Waals surface area contributed by atoms with Crippen molar-refractivity contribution in [2.75, 3.05) is 31.1 Å². The molecule has 10 nitrogen and oxygen atoms in total. The summed E-state index contributed by atoms with van der Waals surface area (Å²) in [5, 5.41) is 12.7. The highest BCUT2D eigenvalue weighted by atomic mass is 35.5. The quantitative estimate of drug-likeness (QED) is 0.141. The molecule has 256 valence electrons. The van der Waals surface area contributed by atoms with Gasteiger partial charge in [-0.2, -0.15) is 0 Å². The number of aliphatic hydroxyl groups excluding tert-OH is 1. The van der Waals surface area contributed by atoms with Gasteiger partial charge in [0, 0.05) is 36.8 Å². The van der Waals surface area contributed by atoms with Gasteiger partial charge in [0.1, 0.15) is 17.7 Å². The molecule has 3 heterocycles. The van der Waals surface area contributed by atoms with Gasteiger partial charge in [-0.3, -0.25) is 19.2 Å². The minimum absolute atomic E-state index is 0.0303. The van der Waals surface area contributed by atoms with Gasteiger partial charge in [-0.25, -0.2) is 0 Å². The third kappa shape index (κ3) is 7.21. The molecule has 48 heavy (non-hydrogen) atoms. The molecule has 2 bridgehead atoms. The van der Waals surface area contributed by atoms with Gasteiger partial charge in [0.05, 0.1) is 24.5 Å². The second-order valence-corrected chi connectivity index (χ2v) is 13.0. The Labute approximate surface area is 286 Å². The molecule has 0 unspecified atom stereocenters. The normalized spacial score (nSPS) is 24.5. The Bertz CT molecular complexity index is 1490. The molecule has 3 aliphatic rings. The van der Waals surface area contributed by atoms with Crippen molar-refractivity contribution in [3.05, 3.63) is 90.5 Å². The summed E-state index contributed by atoms with van der Waals surface area (Å²) in [7, 11) is 0. The predicted octanol–water partition coefficient (Wildman–Crippen LogP) is 4.76. The average Bonchev–Trinajstić information content (AvgIpc) is 3.74.